The van der Waals surface area contributed by atoms with Gasteiger partial charge in [0, 0.05) is 11.3 Å². The number of aliphatic hydroxyl groups is 5. The van der Waals surface area contributed by atoms with Crippen LogP contribution in [-0.2, 0) is 14.3 Å². The fourth-order valence-electron chi connectivity index (χ4n) is 5.85. The Balaban J connectivity index is 1.73. The molecule has 28 heavy (non-hydrogen) atoms. The third-order valence-electron chi connectivity index (χ3n) is 7.56. The molecule has 0 aromatic rings. The summed E-state index contributed by atoms with van der Waals surface area (Å²) in [6, 6.07) is 0. The topological polar surface area (TPSA) is 137 Å². The molecule has 0 amide bonds. The van der Waals surface area contributed by atoms with Crippen LogP contribution in [0.3, 0.4) is 0 Å². The molecule has 3 fully saturated rings. The largest absolute Gasteiger partial charge is 0.394 e. The Labute approximate surface area is 163 Å². The van der Waals surface area contributed by atoms with Crippen molar-refractivity contribution in [1.29, 1.82) is 0 Å². The smallest absolute Gasteiger partial charge is 0.187 e. The zero-order chi connectivity index (χ0) is 20.6. The van der Waals surface area contributed by atoms with E-state index in [4.69, 9.17) is 9.47 Å². The SMILES string of the molecule is CC1=C[C@@]2(O[C@@H]3O[C@H](CO)[C@@H](O)[C@H](O)[C@H]3O)C[C@@H](C)C(=O)[C@@H]2[C@](C)(O)C12CC2. The summed E-state index contributed by atoms with van der Waals surface area (Å²) in [5, 5.41) is 51.4. The first-order chi connectivity index (χ1) is 13.0. The van der Waals surface area contributed by atoms with E-state index >= 15 is 0 Å². The summed E-state index contributed by atoms with van der Waals surface area (Å²) in [7, 11) is 0. The normalized spacial score (nSPS) is 52.5. The molecule has 9 atom stereocenters. The Morgan fingerprint density at radius 1 is 1.21 bits per heavy atom. The standard InChI is InChI=1S/C20H30O8/c1-9-6-20(28-17-15(25)14(24)13(23)11(8-21)27-17)7-10(2)19(4-5-19)18(3,26)16(20)12(9)22/h7,9,11,13-17,21,23-26H,4-6,8H2,1-3H3/t9-,11-,13-,14+,15-,16-,17+,18+,20+/m1/s1. The highest BCUT2D eigenvalue weighted by molar-refractivity contribution is 5.89. The number of ether oxygens (including phenoxy) is 2. The average Bonchev–Trinajstić information content (AvgIpc) is 3.39. The molecule has 1 spiro atoms. The van der Waals surface area contributed by atoms with Gasteiger partial charge in [-0.15, -0.1) is 0 Å². The van der Waals surface area contributed by atoms with Gasteiger partial charge in [-0.2, -0.15) is 0 Å². The van der Waals surface area contributed by atoms with E-state index in [1.165, 1.54) is 0 Å². The van der Waals surface area contributed by atoms with Gasteiger partial charge in [0.05, 0.1) is 18.1 Å². The average molecular weight is 398 g/mol. The van der Waals surface area contributed by atoms with E-state index < -0.39 is 59.8 Å². The summed E-state index contributed by atoms with van der Waals surface area (Å²) in [4.78, 5) is 13.0. The lowest BCUT2D eigenvalue weighted by molar-refractivity contribution is -0.330. The van der Waals surface area contributed by atoms with Gasteiger partial charge in [-0.3, -0.25) is 4.79 Å². The molecule has 0 aromatic heterocycles. The molecular formula is C20H30O8. The second kappa shape index (κ2) is 6.31. The van der Waals surface area contributed by atoms with Crippen LogP contribution in [0.2, 0.25) is 0 Å². The molecule has 1 heterocycles. The maximum Gasteiger partial charge on any atom is 0.187 e. The summed E-state index contributed by atoms with van der Waals surface area (Å²) in [6.07, 6.45) is -3.27. The van der Waals surface area contributed by atoms with Crippen LogP contribution in [-0.4, -0.2) is 79.8 Å². The van der Waals surface area contributed by atoms with Crippen LogP contribution in [0.15, 0.2) is 11.6 Å². The van der Waals surface area contributed by atoms with Gasteiger partial charge in [0.15, 0.2) is 6.29 Å². The van der Waals surface area contributed by atoms with Crippen molar-refractivity contribution >= 4 is 5.78 Å². The van der Waals surface area contributed by atoms with Gasteiger partial charge in [-0.05, 0) is 33.1 Å². The van der Waals surface area contributed by atoms with Gasteiger partial charge in [-0.1, -0.05) is 18.6 Å². The quantitative estimate of drug-likeness (QED) is 0.392. The molecule has 1 saturated heterocycles. The van der Waals surface area contributed by atoms with Crippen molar-refractivity contribution < 1.29 is 39.8 Å². The highest BCUT2D eigenvalue weighted by Gasteiger charge is 2.72. The summed E-state index contributed by atoms with van der Waals surface area (Å²) >= 11 is 0. The third kappa shape index (κ3) is 2.52. The Morgan fingerprint density at radius 3 is 2.43 bits per heavy atom. The number of ketones is 1. The number of hydrogen-bond donors (Lipinski definition) is 5. The van der Waals surface area contributed by atoms with E-state index in [9.17, 15) is 30.3 Å². The van der Waals surface area contributed by atoms with Crippen LogP contribution in [0, 0.1) is 17.3 Å². The van der Waals surface area contributed by atoms with Crippen LogP contribution in [0.25, 0.3) is 0 Å². The Bertz CT molecular complexity index is 696. The number of rotatable bonds is 3. The van der Waals surface area contributed by atoms with Crippen LogP contribution in [0.4, 0.5) is 0 Å². The molecule has 8 heteroatoms. The van der Waals surface area contributed by atoms with Crippen molar-refractivity contribution in [3.63, 3.8) is 0 Å². The molecule has 4 aliphatic rings. The van der Waals surface area contributed by atoms with Crippen LogP contribution < -0.4 is 0 Å². The molecular weight excluding hydrogens is 368 g/mol. The number of Topliss-reactive ketones (excluding diaryl/α,β-unsaturated/α-hetero) is 1. The number of aliphatic hydroxyl groups excluding tert-OH is 4. The van der Waals surface area contributed by atoms with Crippen LogP contribution >= 0.6 is 0 Å². The molecule has 0 aromatic carbocycles. The molecule has 158 valence electrons. The van der Waals surface area contributed by atoms with Crippen molar-refractivity contribution in [3.8, 4) is 0 Å². The lowest BCUT2D eigenvalue weighted by Gasteiger charge is -2.52. The van der Waals surface area contributed by atoms with Gasteiger partial charge in [0.1, 0.15) is 35.8 Å². The highest BCUT2D eigenvalue weighted by Crippen LogP contribution is 2.68. The Kier molecular flexibility index (Phi) is 4.60. The number of carbonyl (C=O) groups is 1. The van der Waals surface area contributed by atoms with Gasteiger partial charge < -0.3 is 35.0 Å². The van der Waals surface area contributed by atoms with E-state index in [-0.39, 0.29) is 11.7 Å². The van der Waals surface area contributed by atoms with Gasteiger partial charge in [0.2, 0.25) is 0 Å². The molecule has 0 unspecified atom stereocenters. The molecule has 3 aliphatic carbocycles. The lowest BCUT2D eigenvalue weighted by Crippen LogP contribution is -2.64. The number of hydrogen-bond acceptors (Lipinski definition) is 8. The molecule has 1 aliphatic heterocycles. The van der Waals surface area contributed by atoms with Crippen LogP contribution in [0.1, 0.15) is 40.0 Å². The van der Waals surface area contributed by atoms with Crippen molar-refractivity contribution in [2.45, 2.75) is 81.9 Å². The molecule has 2 saturated carbocycles. The van der Waals surface area contributed by atoms with Gasteiger partial charge >= 0.3 is 0 Å². The van der Waals surface area contributed by atoms with Gasteiger partial charge in [0.25, 0.3) is 0 Å². The molecule has 0 radical (unpaired) electrons. The summed E-state index contributed by atoms with van der Waals surface area (Å²) < 4.78 is 11.7. The first-order valence-corrected chi connectivity index (χ1v) is 9.95. The predicted molar refractivity (Wildman–Crippen MR) is 95.9 cm³/mol. The molecule has 4 rings (SSSR count). The maximum absolute atomic E-state index is 13.0. The highest BCUT2D eigenvalue weighted by atomic mass is 16.7. The monoisotopic (exact) mass is 398 g/mol. The van der Waals surface area contributed by atoms with Crippen molar-refractivity contribution in [2.24, 2.45) is 17.3 Å². The first kappa shape index (κ1) is 20.4. The molecule has 8 nitrogen and oxygen atoms in total. The Hall–Kier alpha value is -0.870. The predicted octanol–water partition coefficient (Wildman–Crippen LogP) is -0.742. The second-order valence-corrected chi connectivity index (χ2v) is 9.27. The summed E-state index contributed by atoms with van der Waals surface area (Å²) in [5.74, 6) is -1.27. The van der Waals surface area contributed by atoms with Crippen molar-refractivity contribution in [1.82, 2.24) is 0 Å². The summed E-state index contributed by atoms with van der Waals surface area (Å²) in [6.45, 7) is 4.83. The van der Waals surface area contributed by atoms with Crippen LogP contribution in [0.5, 0.6) is 0 Å². The fraction of sp³-hybridized carbons (Fsp3) is 0.850. The van der Waals surface area contributed by atoms with E-state index in [2.05, 4.69) is 0 Å². The number of fused-ring (bicyclic) bond motifs is 1. The maximum atomic E-state index is 13.0. The summed E-state index contributed by atoms with van der Waals surface area (Å²) in [5.41, 5.74) is -1.98. The fourth-order valence-corrected chi connectivity index (χ4v) is 5.85. The minimum Gasteiger partial charge on any atom is -0.394 e. The van der Waals surface area contributed by atoms with E-state index in [0.717, 1.165) is 18.4 Å². The van der Waals surface area contributed by atoms with E-state index in [1.54, 1.807) is 13.8 Å². The van der Waals surface area contributed by atoms with E-state index in [1.807, 2.05) is 13.0 Å². The Morgan fingerprint density at radius 2 is 1.86 bits per heavy atom. The van der Waals surface area contributed by atoms with Gasteiger partial charge in [-0.25, -0.2) is 0 Å². The molecule has 0 bridgehead atoms. The minimum absolute atomic E-state index is 0.0929. The van der Waals surface area contributed by atoms with E-state index in [0.29, 0.717) is 6.42 Å². The molecule has 5 N–H and O–H groups in total. The third-order valence-corrected chi connectivity index (χ3v) is 7.56. The van der Waals surface area contributed by atoms with Crippen molar-refractivity contribution in [2.75, 3.05) is 6.61 Å². The van der Waals surface area contributed by atoms with Crippen molar-refractivity contribution in [3.05, 3.63) is 11.6 Å². The second-order valence-electron chi connectivity index (χ2n) is 9.27. The lowest BCUT2D eigenvalue weighted by atomic mass is 9.61. The first-order valence-electron chi connectivity index (χ1n) is 9.95. The zero-order valence-electron chi connectivity index (χ0n) is 16.4. The number of carbonyl (C=O) groups excluding carboxylic acids is 1. The zero-order valence-corrected chi connectivity index (χ0v) is 16.4. The minimum atomic E-state index is -1.57.